The molecule has 0 saturated heterocycles. The lowest BCUT2D eigenvalue weighted by atomic mass is 10.1. The lowest BCUT2D eigenvalue weighted by molar-refractivity contribution is 0.480. The van der Waals surface area contributed by atoms with Crippen LogP contribution >= 0.6 is 11.3 Å². The van der Waals surface area contributed by atoms with Gasteiger partial charge in [0.05, 0.1) is 10.6 Å². The molecule has 106 valence electrons. The van der Waals surface area contributed by atoms with Crippen LogP contribution in [0.4, 0.5) is 0 Å². The molecule has 5 heteroatoms. The highest BCUT2D eigenvalue weighted by atomic mass is 32.2. The summed E-state index contributed by atoms with van der Waals surface area (Å²) in [6, 6.07) is 9.57. The predicted molar refractivity (Wildman–Crippen MR) is 81.9 cm³/mol. The van der Waals surface area contributed by atoms with E-state index in [1.54, 1.807) is 23.5 Å². The zero-order chi connectivity index (χ0) is 14.2. The average molecular weight is 307 g/mol. The first kappa shape index (κ1) is 13.8. The molecule has 0 bridgehead atoms. The van der Waals surface area contributed by atoms with E-state index in [4.69, 9.17) is 0 Å². The standard InChI is InChI=1S/C15H17NO2S2/c1-11(8-12-6-7-19-9-12)16-14-10-20(17,18)15-5-3-2-4-13(14)15/h2-7,9,11,14,16H,8,10H2,1H3. The van der Waals surface area contributed by atoms with Crippen LogP contribution in [0.1, 0.15) is 24.1 Å². The van der Waals surface area contributed by atoms with Gasteiger partial charge < -0.3 is 5.32 Å². The highest BCUT2D eigenvalue weighted by Gasteiger charge is 2.34. The van der Waals surface area contributed by atoms with Gasteiger partial charge in [-0.05, 0) is 47.4 Å². The fourth-order valence-corrected chi connectivity index (χ4v) is 5.18. The Hall–Kier alpha value is -1.17. The number of rotatable bonds is 4. The molecular weight excluding hydrogens is 290 g/mol. The Morgan fingerprint density at radius 3 is 2.90 bits per heavy atom. The summed E-state index contributed by atoms with van der Waals surface area (Å²) in [5, 5.41) is 7.66. The normalized spacial score (nSPS) is 21.6. The van der Waals surface area contributed by atoms with Gasteiger partial charge in [-0.15, -0.1) is 0 Å². The molecule has 0 radical (unpaired) electrons. The lowest BCUT2D eigenvalue weighted by Gasteiger charge is -2.19. The first-order valence-electron chi connectivity index (χ1n) is 6.65. The van der Waals surface area contributed by atoms with Crippen LogP contribution < -0.4 is 5.32 Å². The van der Waals surface area contributed by atoms with Crippen molar-refractivity contribution in [2.45, 2.75) is 30.3 Å². The molecule has 1 aromatic carbocycles. The molecule has 3 rings (SSSR count). The Morgan fingerprint density at radius 2 is 2.15 bits per heavy atom. The number of hydrogen-bond acceptors (Lipinski definition) is 4. The number of benzene rings is 1. The van der Waals surface area contributed by atoms with E-state index < -0.39 is 9.84 Å². The topological polar surface area (TPSA) is 46.2 Å². The van der Waals surface area contributed by atoms with Crippen LogP contribution in [0.5, 0.6) is 0 Å². The molecule has 1 aliphatic rings. The van der Waals surface area contributed by atoms with E-state index in [-0.39, 0.29) is 17.8 Å². The molecule has 0 spiro atoms. The Bertz CT molecular complexity index is 692. The van der Waals surface area contributed by atoms with E-state index in [9.17, 15) is 8.42 Å². The summed E-state index contributed by atoms with van der Waals surface area (Å²) in [5.74, 6) is 0.167. The summed E-state index contributed by atoms with van der Waals surface area (Å²) in [7, 11) is -3.12. The highest BCUT2D eigenvalue weighted by Crippen LogP contribution is 2.33. The van der Waals surface area contributed by atoms with Crippen LogP contribution in [0.2, 0.25) is 0 Å². The van der Waals surface area contributed by atoms with Crippen molar-refractivity contribution in [2.75, 3.05) is 5.75 Å². The van der Waals surface area contributed by atoms with E-state index in [0.29, 0.717) is 4.90 Å². The van der Waals surface area contributed by atoms with Gasteiger partial charge in [0, 0.05) is 12.1 Å². The third-order valence-electron chi connectivity index (χ3n) is 3.62. The predicted octanol–water partition coefficient (Wildman–Crippen LogP) is 2.80. The first-order valence-corrected chi connectivity index (χ1v) is 9.24. The van der Waals surface area contributed by atoms with Crippen LogP contribution in [0.15, 0.2) is 46.0 Å². The van der Waals surface area contributed by atoms with Crippen LogP contribution in [0.3, 0.4) is 0 Å². The largest absolute Gasteiger partial charge is 0.306 e. The minimum atomic E-state index is -3.12. The quantitative estimate of drug-likeness (QED) is 0.945. The van der Waals surface area contributed by atoms with Crippen molar-refractivity contribution in [3.05, 3.63) is 52.2 Å². The second-order valence-electron chi connectivity index (χ2n) is 5.28. The Morgan fingerprint density at radius 1 is 1.35 bits per heavy atom. The summed E-state index contributed by atoms with van der Waals surface area (Å²) in [4.78, 5) is 0.486. The first-order chi connectivity index (χ1) is 9.56. The van der Waals surface area contributed by atoms with E-state index >= 15 is 0 Å². The molecule has 2 aromatic rings. The fraction of sp³-hybridized carbons (Fsp3) is 0.333. The molecule has 2 unspecified atom stereocenters. The number of hydrogen-bond donors (Lipinski definition) is 1. The molecule has 2 heterocycles. The van der Waals surface area contributed by atoms with Crippen LogP contribution in [0.25, 0.3) is 0 Å². The minimum Gasteiger partial charge on any atom is -0.306 e. The molecule has 0 fully saturated rings. The summed E-state index contributed by atoms with van der Waals surface area (Å²) >= 11 is 1.69. The molecule has 0 amide bonds. The molecule has 3 nitrogen and oxygen atoms in total. The molecule has 0 aliphatic carbocycles. The van der Waals surface area contributed by atoms with E-state index in [0.717, 1.165) is 12.0 Å². The van der Waals surface area contributed by atoms with Gasteiger partial charge in [-0.3, -0.25) is 0 Å². The summed E-state index contributed by atoms with van der Waals surface area (Å²) < 4.78 is 24.2. The van der Waals surface area contributed by atoms with Gasteiger partial charge in [0.15, 0.2) is 9.84 Å². The fourth-order valence-electron chi connectivity index (χ4n) is 2.75. The average Bonchev–Trinajstić information content (AvgIpc) is 2.98. The molecule has 2 atom stereocenters. The van der Waals surface area contributed by atoms with Gasteiger partial charge >= 0.3 is 0 Å². The summed E-state index contributed by atoms with van der Waals surface area (Å²) in [6.07, 6.45) is 0.919. The van der Waals surface area contributed by atoms with Crippen LogP contribution in [-0.2, 0) is 16.3 Å². The molecule has 0 saturated carbocycles. The minimum absolute atomic E-state index is 0.0927. The van der Waals surface area contributed by atoms with Crippen molar-refractivity contribution in [1.29, 1.82) is 0 Å². The summed E-state index contributed by atoms with van der Waals surface area (Å²) in [5.41, 5.74) is 2.20. The SMILES string of the molecule is CC(Cc1ccsc1)NC1CS(=O)(=O)c2ccccc21. The van der Waals surface area contributed by atoms with Crippen LogP contribution in [0, 0.1) is 0 Å². The summed E-state index contributed by atoms with van der Waals surface area (Å²) in [6.45, 7) is 2.10. The van der Waals surface area contributed by atoms with Gasteiger partial charge in [-0.1, -0.05) is 18.2 Å². The molecule has 1 aliphatic heterocycles. The number of nitrogens with one attached hydrogen (secondary N) is 1. The van der Waals surface area contributed by atoms with Gasteiger partial charge in [0.25, 0.3) is 0 Å². The van der Waals surface area contributed by atoms with Gasteiger partial charge in [0.2, 0.25) is 0 Å². The maximum Gasteiger partial charge on any atom is 0.180 e. The van der Waals surface area contributed by atoms with Crippen molar-refractivity contribution >= 4 is 21.2 Å². The zero-order valence-electron chi connectivity index (χ0n) is 11.2. The maximum absolute atomic E-state index is 12.1. The number of fused-ring (bicyclic) bond motifs is 1. The smallest absolute Gasteiger partial charge is 0.180 e. The van der Waals surface area contributed by atoms with Crippen molar-refractivity contribution in [2.24, 2.45) is 0 Å². The molecule has 20 heavy (non-hydrogen) atoms. The monoisotopic (exact) mass is 307 g/mol. The number of thiophene rings is 1. The molecular formula is C15H17NO2S2. The highest BCUT2D eigenvalue weighted by molar-refractivity contribution is 7.91. The third kappa shape index (κ3) is 2.66. The Labute approximate surface area is 123 Å². The zero-order valence-corrected chi connectivity index (χ0v) is 12.9. The second-order valence-corrected chi connectivity index (χ2v) is 8.06. The Balaban J connectivity index is 1.76. The van der Waals surface area contributed by atoms with E-state index in [1.807, 2.05) is 12.1 Å². The van der Waals surface area contributed by atoms with Crippen molar-refractivity contribution in [3.8, 4) is 0 Å². The van der Waals surface area contributed by atoms with E-state index in [1.165, 1.54) is 5.56 Å². The Kier molecular flexibility index (Phi) is 3.67. The van der Waals surface area contributed by atoms with E-state index in [2.05, 4.69) is 29.1 Å². The maximum atomic E-state index is 12.1. The van der Waals surface area contributed by atoms with Crippen molar-refractivity contribution < 1.29 is 8.42 Å². The molecule has 1 N–H and O–H groups in total. The van der Waals surface area contributed by atoms with Crippen LogP contribution in [-0.4, -0.2) is 20.2 Å². The molecule has 1 aromatic heterocycles. The van der Waals surface area contributed by atoms with Crippen molar-refractivity contribution in [3.63, 3.8) is 0 Å². The number of sulfone groups is 1. The van der Waals surface area contributed by atoms with Gasteiger partial charge in [-0.2, -0.15) is 11.3 Å². The van der Waals surface area contributed by atoms with Crippen molar-refractivity contribution in [1.82, 2.24) is 5.32 Å². The second kappa shape index (κ2) is 5.31. The van der Waals surface area contributed by atoms with Gasteiger partial charge in [0.1, 0.15) is 0 Å². The lowest BCUT2D eigenvalue weighted by Crippen LogP contribution is -2.33. The van der Waals surface area contributed by atoms with Gasteiger partial charge in [-0.25, -0.2) is 8.42 Å². The third-order valence-corrected chi connectivity index (χ3v) is 6.17.